The first-order valence-electron chi connectivity index (χ1n) is 5.83. The number of ether oxygens (including phenoxy) is 1. The average Bonchev–Trinajstić information content (AvgIpc) is 2.26. The minimum atomic E-state index is 0.133. The number of anilines is 1. The van der Waals surface area contributed by atoms with Gasteiger partial charge in [-0.2, -0.15) is 11.8 Å². The zero-order chi connectivity index (χ0) is 12.7. The summed E-state index contributed by atoms with van der Waals surface area (Å²) < 4.78 is 5.51. The molecule has 17 heavy (non-hydrogen) atoms. The van der Waals surface area contributed by atoms with Gasteiger partial charge in [0.15, 0.2) is 0 Å². The van der Waals surface area contributed by atoms with Gasteiger partial charge in [-0.1, -0.05) is 6.92 Å². The predicted molar refractivity (Wildman–Crippen MR) is 73.8 cm³/mol. The molecule has 0 amide bonds. The Kier molecular flexibility index (Phi) is 6.11. The fraction of sp³-hybridized carbons (Fsp3) is 0.667. The highest BCUT2D eigenvalue weighted by molar-refractivity contribution is 7.98. The van der Waals surface area contributed by atoms with Gasteiger partial charge in [-0.25, -0.2) is 9.97 Å². The van der Waals surface area contributed by atoms with Gasteiger partial charge in [0.05, 0.1) is 6.10 Å². The largest absolute Gasteiger partial charge is 0.475 e. The van der Waals surface area contributed by atoms with Crippen molar-refractivity contribution < 1.29 is 4.74 Å². The number of thioether (sulfide) groups is 1. The van der Waals surface area contributed by atoms with Gasteiger partial charge < -0.3 is 10.1 Å². The molecule has 0 aliphatic rings. The van der Waals surface area contributed by atoms with E-state index in [9.17, 15) is 0 Å². The van der Waals surface area contributed by atoms with Gasteiger partial charge in [-0.15, -0.1) is 0 Å². The van der Waals surface area contributed by atoms with E-state index in [0.717, 1.165) is 18.1 Å². The zero-order valence-electron chi connectivity index (χ0n) is 10.9. The molecule has 1 aromatic heterocycles. The molecule has 5 heteroatoms. The van der Waals surface area contributed by atoms with Crippen molar-refractivity contribution in [1.29, 1.82) is 0 Å². The lowest BCUT2D eigenvalue weighted by Gasteiger charge is -2.13. The highest BCUT2D eigenvalue weighted by Crippen LogP contribution is 2.13. The molecule has 4 nitrogen and oxygen atoms in total. The Morgan fingerprint density at radius 1 is 1.35 bits per heavy atom. The summed E-state index contributed by atoms with van der Waals surface area (Å²) in [5.41, 5.74) is 0. The fourth-order valence-corrected chi connectivity index (χ4v) is 2.05. The van der Waals surface area contributed by atoms with E-state index in [-0.39, 0.29) is 6.10 Å². The normalized spacial score (nSPS) is 12.5. The lowest BCUT2D eigenvalue weighted by Crippen LogP contribution is -2.14. The quantitative estimate of drug-likeness (QED) is 0.811. The van der Waals surface area contributed by atoms with Crippen molar-refractivity contribution in [3.8, 4) is 5.88 Å². The standard InChI is InChI=1S/C12H21N3OS/c1-9(2)16-12-5-11(14-8-15-12)13-6-10(3)7-17-4/h5,8-10H,6-7H2,1-4H3,(H,13,14,15). The molecule has 1 aromatic rings. The van der Waals surface area contributed by atoms with Gasteiger partial charge in [0.2, 0.25) is 5.88 Å². The van der Waals surface area contributed by atoms with Crippen LogP contribution in [0.4, 0.5) is 5.82 Å². The highest BCUT2D eigenvalue weighted by Gasteiger charge is 2.04. The van der Waals surface area contributed by atoms with E-state index >= 15 is 0 Å². The monoisotopic (exact) mass is 255 g/mol. The third kappa shape index (κ3) is 5.77. The molecule has 0 aliphatic carbocycles. The van der Waals surface area contributed by atoms with E-state index in [1.54, 1.807) is 0 Å². The van der Waals surface area contributed by atoms with Crippen LogP contribution in [0.1, 0.15) is 20.8 Å². The van der Waals surface area contributed by atoms with E-state index in [1.165, 1.54) is 6.33 Å². The van der Waals surface area contributed by atoms with Crippen LogP contribution in [-0.2, 0) is 0 Å². The Morgan fingerprint density at radius 3 is 2.76 bits per heavy atom. The molecule has 0 bridgehead atoms. The smallest absolute Gasteiger partial charge is 0.218 e. The predicted octanol–water partition coefficient (Wildman–Crippen LogP) is 2.67. The molecule has 0 aromatic carbocycles. The minimum Gasteiger partial charge on any atom is -0.475 e. The second-order valence-electron chi connectivity index (χ2n) is 4.35. The van der Waals surface area contributed by atoms with E-state index in [1.807, 2.05) is 31.7 Å². The maximum Gasteiger partial charge on any atom is 0.218 e. The van der Waals surface area contributed by atoms with Gasteiger partial charge in [0.25, 0.3) is 0 Å². The Morgan fingerprint density at radius 2 is 2.12 bits per heavy atom. The van der Waals surface area contributed by atoms with Crippen LogP contribution in [0.2, 0.25) is 0 Å². The van der Waals surface area contributed by atoms with Crippen molar-refractivity contribution in [2.24, 2.45) is 5.92 Å². The Labute approximate surface area is 108 Å². The van der Waals surface area contributed by atoms with Crippen LogP contribution >= 0.6 is 11.8 Å². The lowest BCUT2D eigenvalue weighted by molar-refractivity contribution is 0.232. The number of hydrogen-bond donors (Lipinski definition) is 1. The molecule has 0 radical (unpaired) electrons. The number of hydrogen-bond acceptors (Lipinski definition) is 5. The second-order valence-corrected chi connectivity index (χ2v) is 5.26. The average molecular weight is 255 g/mol. The third-order valence-corrected chi connectivity index (χ3v) is 2.98. The third-order valence-electron chi connectivity index (χ3n) is 2.08. The summed E-state index contributed by atoms with van der Waals surface area (Å²) in [6.45, 7) is 7.10. The molecule has 0 fully saturated rings. The van der Waals surface area contributed by atoms with Crippen molar-refractivity contribution in [2.75, 3.05) is 23.9 Å². The van der Waals surface area contributed by atoms with Crippen molar-refractivity contribution in [3.63, 3.8) is 0 Å². The summed E-state index contributed by atoms with van der Waals surface area (Å²) in [6.07, 6.45) is 3.78. The SMILES string of the molecule is CSCC(C)CNc1cc(OC(C)C)ncn1. The Bertz CT molecular complexity index is 333. The maximum atomic E-state index is 5.51. The van der Waals surface area contributed by atoms with E-state index in [2.05, 4.69) is 28.5 Å². The van der Waals surface area contributed by atoms with Crippen molar-refractivity contribution in [1.82, 2.24) is 9.97 Å². The molecule has 0 spiro atoms. The minimum absolute atomic E-state index is 0.133. The first kappa shape index (κ1) is 14.1. The van der Waals surface area contributed by atoms with Crippen LogP contribution in [0.15, 0.2) is 12.4 Å². The zero-order valence-corrected chi connectivity index (χ0v) is 11.8. The van der Waals surface area contributed by atoms with E-state index < -0.39 is 0 Å². The highest BCUT2D eigenvalue weighted by atomic mass is 32.2. The van der Waals surface area contributed by atoms with Crippen LogP contribution < -0.4 is 10.1 Å². The molecule has 1 rings (SSSR count). The summed E-state index contributed by atoms with van der Waals surface area (Å²) in [4.78, 5) is 8.24. The van der Waals surface area contributed by atoms with Crippen LogP contribution in [0.3, 0.4) is 0 Å². The van der Waals surface area contributed by atoms with E-state index in [0.29, 0.717) is 11.8 Å². The van der Waals surface area contributed by atoms with Crippen molar-refractivity contribution in [3.05, 3.63) is 12.4 Å². The molecule has 96 valence electrons. The second kappa shape index (κ2) is 7.37. The number of rotatable bonds is 7. The van der Waals surface area contributed by atoms with Gasteiger partial charge in [-0.05, 0) is 31.8 Å². The van der Waals surface area contributed by atoms with Crippen LogP contribution in [0.25, 0.3) is 0 Å². The summed E-state index contributed by atoms with van der Waals surface area (Å²) >= 11 is 1.86. The summed E-state index contributed by atoms with van der Waals surface area (Å²) in [7, 11) is 0. The summed E-state index contributed by atoms with van der Waals surface area (Å²) in [5.74, 6) is 3.21. The summed E-state index contributed by atoms with van der Waals surface area (Å²) in [6, 6.07) is 1.84. The van der Waals surface area contributed by atoms with Crippen molar-refractivity contribution >= 4 is 17.6 Å². The Balaban J connectivity index is 2.48. The number of aromatic nitrogens is 2. The molecule has 1 unspecified atom stereocenters. The first-order valence-corrected chi connectivity index (χ1v) is 7.22. The molecular weight excluding hydrogens is 234 g/mol. The first-order chi connectivity index (χ1) is 8.11. The van der Waals surface area contributed by atoms with E-state index in [4.69, 9.17) is 4.74 Å². The topological polar surface area (TPSA) is 47.0 Å². The summed E-state index contributed by atoms with van der Waals surface area (Å²) in [5, 5.41) is 3.30. The van der Waals surface area contributed by atoms with Gasteiger partial charge in [0, 0.05) is 12.6 Å². The van der Waals surface area contributed by atoms with Gasteiger partial charge in [0.1, 0.15) is 12.1 Å². The number of nitrogens with one attached hydrogen (secondary N) is 1. The molecule has 0 saturated carbocycles. The van der Waals surface area contributed by atoms with Crippen LogP contribution in [0, 0.1) is 5.92 Å². The Hall–Kier alpha value is -0.970. The molecule has 0 saturated heterocycles. The molecule has 0 aliphatic heterocycles. The van der Waals surface area contributed by atoms with Gasteiger partial charge >= 0.3 is 0 Å². The van der Waals surface area contributed by atoms with Crippen LogP contribution in [-0.4, -0.2) is 34.6 Å². The van der Waals surface area contributed by atoms with Gasteiger partial charge in [-0.3, -0.25) is 0 Å². The molecule has 1 N–H and O–H groups in total. The van der Waals surface area contributed by atoms with Crippen LogP contribution in [0.5, 0.6) is 5.88 Å². The number of nitrogens with zero attached hydrogens (tertiary/aromatic N) is 2. The lowest BCUT2D eigenvalue weighted by atomic mass is 10.2. The maximum absolute atomic E-state index is 5.51. The van der Waals surface area contributed by atoms with Crippen molar-refractivity contribution in [2.45, 2.75) is 26.9 Å². The molecule has 1 heterocycles. The fourth-order valence-electron chi connectivity index (χ4n) is 1.36. The molecule has 1 atom stereocenters. The molecular formula is C12H21N3OS.